The molecule has 0 aliphatic heterocycles. The van der Waals surface area contributed by atoms with Crippen molar-refractivity contribution >= 4 is 11.9 Å². The van der Waals surface area contributed by atoms with E-state index in [1.807, 2.05) is 13.8 Å². The number of rotatable bonds is 10. The van der Waals surface area contributed by atoms with Crippen LogP contribution < -0.4 is 20.7 Å². The highest BCUT2D eigenvalue weighted by Crippen LogP contribution is 2.20. The van der Waals surface area contributed by atoms with Crippen molar-refractivity contribution in [3.05, 3.63) is 29.8 Å². The molecule has 0 unspecified atom stereocenters. The highest BCUT2D eigenvalue weighted by Gasteiger charge is 2.09. The number of hydrogen-bond donors (Lipinski definition) is 3. The van der Waals surface area contributed by atoms with Crippen molar-refractivity contribution < 1.29 is 18.3 Å². The number of carbonyl (C=O) groups excluding carboxylic acids is 1. The number of carbonyl (C=O) groups is 1. The van der Waals surface area contributed by atoms with Crippen molar-refractivity contribution in [3.63, 3.8) is 0 Å². The molecule has 1 aromatic rings. The predicted molar refractivity (Wildman–Crippen MR) is 93.8 cm³/mol. The zero-order valence-corrected chi connectivity index (χ0v) is 14.6. The van der Waals surface area contributed by atoms with Gasteiger partial charge in [0.1, 0.15) is 5.75 Å². The van der Waals surface area contributed by atoms with Gasteiger partial charge in [0, 0.05) is 31.6 Å². The Morgan fingerprint density at radius 3 is 2.60 bits per heavy atom. The van der Waals surface area contributed by atoms with E-state index in [1.54, 1.807) is 18.2 Å². The summed E-state index contributed by atoms with van der Waals surface area (Å²) >= 11 is 0. The number of nitrogens with zero attached hydrogens (tertiary/aromatic N) is 1. The van der Waals surface area contributed by atoms with E-state index < -0.39 is 6.61 Å². The van der Waals surface area contributed by atoms with Gasteiger partial charge in [-0.05, 0) is 19.4 Å². The molecule has 0 saturated heterocycles. The van der Waals surface area contributed by atoms with Crippen LogP contribution in [0.4, 0.5) is 8.78 Å². The SMILES string of the molecule is CCCNC(=O)CCNC(=NCc1ccccc1OC(F)F)NCC. The first kappa shape index (κ1) is 20.7. The van der Waals surface area contributed by atoms with E-state index in [1.165, 1.54) is 6.07 Å². The molecule has 0 bridgehead atoms. The van der Waals surface area contributed by atoms with E-state index in [0.717, 1.165) is 6.42 Å². The minimum absolute atomic E-state index is 0.0270. The summed E-state index contributed by atoms with van der Waals surface area (Å²) in [7, 11) is 0. The zero-order valence-electron chi connectivity index (χ0n) is 14.6. The molecule has 6 nitrogen and oxygen atoms in total. The summed E-state index contributed by atoms with van der Waals surface area (Å²) < 4.78 is 29.4. The lowest BCUT2D eigenvalue weighted by Crippen LogP contribution is -2.39. The van der Waals surface area contributed by atoms with Crippen LogP contribution in [-0.4, -0.2) is 38.1 Å². The number of amides is 1. The largest absolute Gasteiger partial charge is 0.434 e. The van der Waals surface area contributed by atoms with Crippen LogP contribution in [0.15, 0.2) is 29.3 Å². The highest BCUT2D eigenvalue weighted by molar-refractivity contribution is 5.81. The molecule has 0 atom stereocenters. The second-order valence-electron chi connectivity index (χ2n) is 5.21. The number of aliphatic imine (C=N–C) groups is 1. The molecule has 1 amide bonds. The Kier molecular flexibility index (Phi) is 9.96. The molecule has 0 aliphatic carbocycles. The molecular weight excluding hydrogens is 330 g/mol. The molecule has 25 heavy (non-hydrogen) atoms. The molecule has 0 heterocycles. The summed E-state index contributed by atoms with van der Waals surface area (Å²) in [4.78, 5) is 15.9. The first-order chi connectivity index (χ1) is 12.1. The molecule has 8 heteroatoms. The number of hydrogen-bond acceptors (Lipinski definition) is 3. The summed E-state index contributed by atoms with van der Waals surface area (Å²) in [6.07, 6.45) is 1.22. The van der Waals surface area contributed by atoms with Gasteiger partial charge in [-0.2, -0.15) is 8.78 Å². The van der Waals surface area contributed by atoms with Crippen molar-refractivity contribution in [1.29, 1.82) is 0 Å². The Bertz CT molecular complexity index is 553. The average Bonchev–Trinajstić information content (AvgIpc) is 2.58. The van der Waals surface area contributed by atoms with Gasteiger partial charge in [0.15, 0.2) is 5.96 Å². The minimum Gasteiger partial charge on any atom is -0.434 e. The van der Waals surface area contributed by atoms with Crippen molar-refractivity contribution in [2.45, 2.75) is 39.8 Å². The number of para-hydroxylation sites is 1. The van der Waals surface area contributed by atoms with E-state index in [-0.39, 0.29) is 18.2 Å². The lowest BCUT2D eigenvalue weighted by molar-refractivity contribution is -0.120. The van der Waals surface area contributed by atoms with Crippen LogP contribution in [0.1, 0.15) is 32.3 Å². The van der Waals surface area contributed by atoms with Gasteiger partial charge >= 0.3 is 6.61 Å². The zero-order chi connectivity index (χ0) is 18.5. The molecule has 0 saturated carbocycles. The summed E-state index contributed by atoms with van der Waals surface area (Å²) in [5, 5.41) is 8.89. The predicted octanol–water partition coefficient (Wildman–Crippen LogP) is 2.26. The van der Waals surface area contributed by atoms with Crippen molar-refractivity contribution in [2.24, 2.45) is 4.99 Å². The third-order valence-corrected chi connectivity index (χ3v) is 3.16. The number of alkyl halides is 2. The van der Waals surface area contributed by atoms with Crippen LogP contribution in [-0.2, 0) is 11.3 Å². The van der Waals surface area contributed by atoms with Gasteiger partial charge in [-0.3, -0.25) is 4.79 Å². The van der Waals surface area contributed by atoms with E-state index in [0.29, 0.717) is 37.6 Å². The second kappa shape index (κ2) is 12.0. The fraction of sp³-hybridized carbons (Fsp3) is 0.529. The molecule has 1 rings (SSSR count). The maximum atomic E-state index is 12.4. The minimum atomic E-state index is -2.88. The fourth-order valence-corrected chi connectivity index (χ4v) is 2.00. The third kappa shape index (κ3) is 8.88. The van der Waals surface area contributed by atoms with E-state index >= 15 is 0 Å². The van der Waals surface area contributed by atoms with Crippen molar-refractivity contribution in [1.82, 2.24) is 16.0 Å². The summed E-state index contributed by atoms with van der Waals surface area (Å²) in [5.74, 6) is 0.592. The Hall–Kier alpha value is -2.38. The number of benzene rings is 1. The molecular formula is C17H26F2N4O2. The van der Waals surface area contributed by atoms with E-state index in [4.69, 9.17) is 0 Å². The standard InChI is InChI=1S/C17H26F2N4O2/c1-3-10-21-15(24)9-11-22-17(20-4-2)23-12-13-7-5-6-8-14(13)25-16(18)19/h5-8,16H,3-4,9-12H2,1-2H3,(H,21,24)(H2,20,22,23). The molecule has 0 aromatic heterocycles. The Balaban J connectivity index is 2.59. The number of halogens is 2. The molecule has 140 valence electrons. The summed E-state index contributed by atoms with van der Waals surface area (Å²) in [6, 6.07) is 6.53. The molecule has 3 N–H and O–H groups in total. The summed E-state index contributed by atoms with van der Waals surface area (Å²) in [5.41, 5.74) is 0.556. The van der Waals surface area contributed by atoms with Crippen LogP contribution >= 0.6 is 0 Å². The smallest absolute Gasteiger partial charge is 0.387 e. The molecule has 0 spiro atoms. The van der Waals surface area contributed by atoms with Crippen LogP contribution in [0.5, 0.6) is 5.75 Å². The number of ether oxygens (including phenoxy) is 1. The van der Waals surface area contributed by atoms with Gasteiger partial charge in [-0.25, -0.2) is 4.99 Å². The maximum Gasteiger partial charge on any atom is 0.387 e. The lowest BCUT2D eigenvalue weighted by atomic mass is 10.2. The first-order valence-electron chi connectivity index (χ1n) is 8.38. The molecule has 0 radical (unpaired) electrons. The van der Waals surface area contributed by atoms with E-state index in [9.17, 15) is 13.6 Å². The second-order valence-corrected chi connectivity index (χ2v) is 5.21. The Labute approximate surface area is 147 Å². The monoisotopic (exact) mass is 356 g/mol. The quantitative estimate of drug-likeness (QED) is 0.444. The molecule has 0 aliphatic rings. The average molecular weight is 356 g/mol. The van der Waals surface area contributed by atoms with Crippen LogP contribution in [0, 0.1) is 0 Å². The van der Waals surface area contributed by atoms with Gasteiger partial charge < -0.3 is 20.7 Å². The molecule has 0 fully saturated rings. The fourth-order valence-electron chi connectivity index (χ4n) is 2.00. The number of guanidine groups is 1. The first-order valence-corrected chi connectivity index (χ1v) is 8.38. The summed E-state index contributed by atoms with van der Waals surface area (Å²) in [6.45, 7) is 2.94. The van der Waals surface area contributed by atoms with E-state index in [2.05, 4.69) is 25.7 Å². The van der Waals surface area contributed by atoms with Crippen LogP contribution in [0.25, 0.3) is 0 Å². The topological polar surface area (TPSA) is 74.8 Å². The molecule has 1 aromatic carbocycles. The van der Waals surface area contributed by atoms with Crippen LogP contribution in [0.3, 0.4) is 0 Å². The van der Waals surface area contributed by atoms with Gasteiger partial charge in [-0.15, -0.1) is 0 Å². The Morgan fingerprint density at radius 1 is 1.16 bits per heavy atom. The normalized spacial score (nSPS) is 11.3. The van der Waals surface area contributed by atoms with Crippen LogP contribution in [0.2, 0.25) is 0 Å². The Morgan fingerprint density at radius 2 is 1.92 bits per heavy atom. The van der Waals surface area contributed by atoms with Gasteiger partial charge in [0.05, 0.1) is 6.54 Å². The third-order valence-electron chi connectivity index (χ3n) is 3.16. The highest BCUT2D eigenvalue weighted by atomic mass is 19.3. The van der Waals surface area contributed by atoms with Crippen molar-refractivity contribution in [2.75, 3.05) is 19.6 Å². The van der Waals surface area contributed by atoms with Gasteiger partial charge in [0.2, 0.25) is 5.91 Å². The number of nitrogens with one attached hydrogen (secondary N) is 3. The lowest BCUT2D eigenvalue weighted by Gasteiger charge is -2.12. The van der Waals surface area contributed by atoms with Crippen molar-refractivity contribution in [3.8, 4) is 5.75 Å². The van der Waals surface area contributed by atoms with Gasteiger partial charge in [-0.1, -0.05) is 25.1 Å². The maximum absolute atomic E-state index is 12.4. The van der Waals surface area contributed by atoms with Gasteiger partial charge in [0.25, 0.3) is 0 Å².